The molecule has 0 fully saturated rings. The van der Waals surface area contributed by atoms with Gasteiger partial charge in [-0.05, 0) is 45.8 Å². The van der Waals surface area contributed by atoms with Crippen LogP contribution in [0.2, 0.25) is 0 Å². The van der Waals surface area contributed by atoms with Gasteiger partial charge < -0.3 is 20.1 Å². The van der Waals surface area contributed by atoms with Gasteiger partial charge in [0.1, 0.15) is 6.54 Å². The lowest BCUT2D eigenvalue weighted by molar-refractivity contribution is 0.300. The van der Waals surface area contributed by atoms with Crippen LogP contribution in [0.25, 0.3) is 0 Å². The molecule has 0 amide bonds. The first kappa shape index (κ1) is 25.2. The highest BCUT2D eigenvalue weighted by atomic mass is 127. The summed E-state index contributed by atoms with van der Waals surface area (Å²) < 4.78 is 5.44. The molecule has 1 rings (SSSR count). The summed E-state index contributed by atoms with van der Waals surface area (Å²) in [6.07, 6.45) is 3.28. The topological polar surface area (TPSA) is 65.7 Å². The second-order valence-electron chi connectivity index (χ2n) is 6.23. The van der Waals surface area contributed by atoms with E-state index in [0.717, 1.165) is 69.4 Å². The Morgan fingerprint density at radius 3 is 2.42 bits per heavy atom. The average Bonchev–Trinajstić information content (AvgIpc) is 3.09. The van der Waals surface area contributed by atoms with Gasteiger partial charge in [0.25, 0.3) is 0 Å². The molecule has 0 bridgehead atoms. The van der Waals surface area contributed by atoms with Crippen molar-refractivity contribution in [1.82, 2.24) is 20.7 Å². The first-order valence-corrected chi connectivity index (χ1v) is 9.88. The molecule has 1 heterocycles. The molecule has 0 aliphatic rings. The van der Waals surface area contributed by atoms with E-state index in [1.807, 2.05) is 6.07 Å². The van der Waals surface area contributed by atoms with Crippen LogP contribution in [0, 0.1) is 0 Å². The van der Waals surface area contributed by atoms with Gasteiger partial charge in [0.05, 0.1) is 5.69 Å². The summed E-state index contributed by atoms with van der Waals surface area (Å²) in [5.74, 6) is 2.14. The zero-order chi connectivity index (χ0) is 18.5. The Labute approximate surface area is 176 Å². The number of guanidine groups is 1. The Balaban J connectivity index is 0.00000625. The van der Waals surface area contributed by atoms with Crippen LogP contribution >= 0.6 is 24.0 Å². The largest absolute Gasteiger partial charge is 0.359 e. The van der Waals surface area contributed by atoms with Crippen molar-refractivity contribution in [3.05, 3.63) is 17.5 Å². The number of hydrogen-bond acceptors (Lipinski definition) is 4. The molecular formula is C19H38IN5O. The Morgan fingerprint density at radius 2 is 1.85 bits per heavy atom. The number of nitrogens with zero attached hydrogens (tertiary/aromatic N) is 3. The molecular weight excluding hydrogens is 441 g/mol. The second kappa shape index (κ2) is 15.2. The van der Waals surface area contributed by atoms with Crippen molar-refractivity contribution < 1.29 is 4.52 Å². The lowest BCUT2D eigenvalue weighted by Gasteiger charge is -2.18. The van der Waals surface area contributed by atoms with E-state index in [2.05, 4.69) is 60.3 Å². The van der Waals surface area contributed by atoms with Crippen molar-refractivity contribution in [2.75, 3.05) is 32.7 Å². The highest BCUT2D eigenvalue weighted by molar-refractivity contribution is 14.0. The van der Waals surface area contributed by atoms with E-state index in [9.17, 15) is 0 Å². The molecule has 1 aromatic heterocycles. The van der Waals surface area contributed by atoms with Gasteiger partial charge in [0.15, 0.2) is 11.7 Å². The number of aliphatic imine (C=N–C) groups is 1. The lowest BCUT2D eigenvalue weighted by Crippen LogP contribution is -2.38. The van der Waals surface area contributed by atoms with Gasteiger partial charge in [-0.1, -0.05) is 32.9 Å². The van der Waals surface area contributed by atoms with Gasteiger partial charge in [-0.25, -0.2) is 4.99 Å². The molecule has 0 unspecified atom stereocenters. The van der Waals surface area contributed by atoms with E-state index in [1.165, 1.54) is 0 Å². The molecule has 0 saturated heterocycles. The summed E-state index contributed by atoms with van der Waals surface area (Å²) in [6, 6.07) is 2.05. The SMILES string of the molecule is CCNC(=NCc1cc(C(CC)CC)no1)NCCCN(CC)CC.I. The maximum absolute atomic E-state index is 5.44. The van der Waals surface area contributed by atoms with Crippen molar-refractivity contribution in [2.24, 2.45) is 4.99 Å². The first-order chi connectivity index (χ1) is 12.2. The molecule has 1 aromatic rings. The Bertz CT molecular complexity index is 484. The average molecular weight is 479 g/mol. The predicted octanol–water partition coefficient (Wildman–Crippen LogP) is 3.98. The van der Waals surface area contributed by atoms with Gasteiger partial charge in [0.2, 0.25) is 0 Å². The fraction of sp³-hybridized carbons (Fsp3) is 0.789. The zero-order valence-electron chi connectivity index (χ0n) is 17.2. The van der Waals surface area contributed by atoms with Gasteiger partial charge in [-0.15, -0.1) is 24.0 Å². The molecule has 0 radical (unpaired) electrons. The maximum Gasteiger partial charge on any atom is 0.191 e. The number of nitrogens with one attached hydrogen (secondary N) is 2. The van der Waals surface area contributed by atoms with Gasteiger partial charge in [0, 0.05) is 25.1 Å². The zero-order valence-corrected chi connectivity index (χ0v) is 19.5. The molecule has 0 spiro atoms. The summed E-state index contributed by atoms with van der Waals surface area (Å²) >= 11 is 0. The molecule has 0 atom stereocenters. The Morgan fingerprint density at radius 1 is 1.15 bits per heavy atom. The lowest BCUT2D eigenvalue weighted by atomic mass is 9.99. The quantitative estimate of drug-likeness (QED) is 0.206. The predicted molar refractivity (Wildman–Crippen MR) is 120 cm³/mol. The van der Waals surface area contributed by atoms with Crippen molar-refractivity contribution in [1.29, 1.82) is 0 Å². The molecule has 0 aliphatic heterocycles. The van der Waals surface area contributed by atoms with Crippen LogP contribution in [-0.2, 0) is 6.54 Å². The van der Waals surface area contributed by atoms with Crippen LogP contribution in [0.1, 0.15) is 71.3 Å². The molecule has 6 nitrogen and oxygen atoms in total. The Hall–Kier alpha value is -0.830. The number of hydrogen-bond donors (Lipinski definition) is 2. The van der Waals surface area contributed by atoms with E-state index < -0.39 is 0 Å². The van der Waals surface area contributed by atoms with Crippen molar-refractivity contribution in [3.63, 3.8) is 0 Å². The molecule has 152 valence electrons. The van der Waals surface area contributed by atoms with Crippen LogP contribution in [0.5, 0.6) is 0 Å². The summed E-state index contributed by atoms with van der Waals surface area (Å²) in [5.41, 5.74) is 1.05. The van der Waals surface area contributed by atoms with E-state index in [0.29, 0.717) is 12.5 Å². The molecule has 2 N–H and O–H groups in total. The maximum atomic E-state index is 5.44. The summed E-state index contributed by atoms with van der Waals surface area (Å²) in [6.45, 7) is 16.5. The fourth-order valence-electron chi connectivity index (χ4n) is 2.85. The third kappa shape index (κ3) is 9.21. The van der Waals surface area contributed by atoms with Crippen molar-refractivity contribution in [2.45, 2.75) is 66.3 Å². The van der Waals surface area contributed by atoms with E-state index in [1.54, 1.807) is 0 Å². The van der Waals surface area contributed by atoms with Gasteiger partial charge in [-0.2, -0.15) is 0 Å². The summed E-state index contributed by atoms with van der Waals surface area (Å²) in [7, 11) is 0. The summed E-state index contributed by atoms with van der Waals surface area (Å²) in [4.78, 5) is 7.04. The third-order valence-corrected chi connectivity index (χ3v) is 4.56. The standard InChI is InChI=1S/C19H37N5O.HI/c1-6-16(7-2)18-14-17(25-23-18)15-22-19(20-8-3)21-12-11-13-24(9-4)10-5;/h14,16H,6-13,15H2,1-5H3,(H2,20,21,22);1H. The highest BCUT2D eigenvalue weighted by Crippen LogP contribution is 2.22. The molecule has 0 aliphatic carbocycles. The number of halogens is 1. The number of rotatable bonds is 12. The van der Waals surface area contributed by atoms with Crippen LogP contribution in [-0.4, -0.2) is 48.7 Å². The Kier molecular flexibility index (Phi) is 14.8. The van der Waals surface area contributed by atoms with Crippen molar-refractivity contribution >= 4 is 29.9 Å². The fourth-order valence-corrected chi connectivity index (χ4v) is 2.85. The minimum atomic E-state index is 0. The molecule has 7 heteroatoms. The van der Waals surface area contributed by atoms with E-state index >= 15 is 0 Å². The molecule has 0 aromatic carbocycles. The molecule has 0 saturated carbocycles. The van der Waals surface area contributed by atoms with E-state index in [-0.39, 0.29) is 24.0 Å². The van der Waals surface area contributed by atoms with Crippen LogP contribution in [0.3, 0.4) is 0 Å². The number of aromatic nitrogens is 1. The minimum Gasteiger partial charge on any atom is -0.359 e. The van der Waals surface area contributed by atoms with Crippen LogP contribution in [0.4, 0.5) is 0 Å². The van der Waals surface area contributed by atoms with Crippen LogP contribution < -0.4 is 10.6 Å². The second-order valence-corrected chi connectivity index (χ2v) is 6.23. The minimum absolute atomic E-state index is 0. The first-order valence-electron chi connectivity index (χ1n) is 9.88. The monoisotopic (exact) mass is 479 g/mol. The van der Waals surface area contributed by atoms with Crippen molar-refractivity contribution in [3.8, 4) is 0 Å². The smallest absolute Gasteiger partial charge is 0.191 e. The normalized spacial score (nSPS) is 11.7. The van der Waals surface area contributed by atoms with Crippen LogP contribution in [0.15, 0.2) is 15.6 Å². The van der Waals surface area contributed by atoms with E-state index in [4.69, 9.17) is 4.52 Å². The molecule has 26 heavy (non-hydrogen) atoms. The summed E-state index contributed by atoms with van der Waals surface area (Å²) in [5, 5.41) is 10.9. The van der Waals surface area contributed by atoms with Gasteiger partial charge in [-0.3, -0.25) is 0 Å². The third-order valence-electron chi connectivity index (χ3n) is 4.56. The van der Waals surface area contributed by atoms with Gasteiger partial charge >= 0.3 is 0 Å². The highest BCUT2D eigenvalue weighted by Gasteiger charge is 2.12.